The zero-order valence-electron chi connectivity index (χ0n) is 15.8. The highest BCUT2D eigenvalue weighted by molar-refractivity contribution is 7.13. The highest BCUT2D eigenvalue weighted by Gasteiger charge is 2.18. The summed E-state index contributed by atoms with van der Waals surface area (Å²) in [6.45, 7) is 4.06. The van der Waals surface area contributed by atoms with Crippen molar-refractivity contribution >= 4 is 22.9 Å². The Morgan fingerprint density at radius 3 is 2.63 bits per heavy atom. The molecule has 0 saturated heterocycles. The molecule has 3 aromatic rings. The number of ether oxygens (including phenoxy) is 2. The summed E-state index contributed by atoms with van der Waals surface area (Å²) in [5, 5.41) is 5.47. The minimum Gasteiger partial charge on any atom is -0.493 e. The Labute approximate surface area is 163 Å². The Morgan fingerprint density at radius 1 is 1.15 bits per heavy atom. The summed E-state index contributed by atoms with van der Waals surface area (Å²) in [6.07, 6.45) is 0.848. The molecular formula is C21H22N2O3S. The fourth-order valence-corrected chi connectivity index (χ4v) is 3.76. The van der Waals surface area contributed by atoms with Crippen LogP contribution in [0.2, 0.25) is 0 Å². The molecule has 0 unspecified atom stereocenters. The van der Waals surface area contributed by atoms with Crippen LogP contribution in [-0.2, 0) is 6.42 Å². The van der Waals surface area contributed by atoms with E-state index >= 15 is 0 Å². The number of hydrogen-bond acceptors (Lipinski definition) is 5. The number of nitrogens with zero attached hydrogens (tertiary/aromatic N) is 1. The first-order valence-corrected chi connectivity index (χ1v) is 9.53. The van der Waals surface area contributed by atoms with E-state index in [4.69, 9.17) is 9.47 Å². The molecule has 1 N–H and O–H groups in total. The lowest BCUT2D eigenvalue weighted by Crippen LogP contribution is -2.14. The third kappa shape index (κ3) is 3.80. The van der Waals surface area contributed by atoms with Crippen LogP contribution < -0.4 is 14.8 Å². The molecule has 0 radical (unpaired) electrons. The predicted molar refractivity (Wildman–Crippen MR) is 109 cm³/mol. The van der Waals surface area contributed by atoms with Crippen LogP contribution in [0.1, 0.15) is 28.5 Å². The van der Waals surface area contributed by atoms with Crippen LogP contribution in [0.3, 0.4) is 0 Å². The first-order chi connectivity index (χ1) is 13.1. The van der Waals surface area contributed by atoms with E-state index in [9.17, 15) is 4.79 Å². The van der Waals surface area contributed by atoms with E-state index in [-0.39, 0.29) is 5.91 Å². The monoisotopic (exact) mass is 382 g/mol. The van der Waals surface area contributed by atoms with E-state index in [0.29, 0.717) is 22.2 Å². The quantitative estimate of drug-likeness (QED) is 0.655. The molecule has 0 aliphatic heterocycles. The van der Waals surface area contributed by atoms with Crippen LogP contribution in [0.25, 0.3) is 10.6 Å². The van der Waals surface area contributed by atoms with Crippen molar-refractivity contribution in [2.24, 2.45) is 0 Å². The van der Waals surface area contributed by atoms with Crippen LogP contribution in [0.4, 0.5) is 5.69 Å². The van der Waals surface area contributed by atoms with Gasteiger partial charge in [-0.25, -0.2) is 4.98 Å². The first kappa shape index (κ1) is 18.9. The topological polar surface area (TPSA) is 60.5 Å². The van der Waals surface area contributed by atoms with Gasteiger partial charge in [-0.15, -0.1) is 11.3 Å². The Balaban J connectivity index is 1.90. The maximum absolute atomic E-state index is 12.7. The van der Waals surface area contributed by atoms with E-state index in [1.807, 2.05) is 43.3 Å². The van der Waals surface area contributed by atoms with Gasteiger partial charge in [0.15, 0.2) is 11.5 Å². The smallest absolute Gasteiger partial charge is 0.275 e. The molecule has 0 saturated carbocycles. The molecule has 2 aromatic carbocycles. The standard InChI is InChI=1S/C21H22N2O3S/c1-5-14-9-6-8-13(2)18(14)23-20(24)16-12-27-21(22-16)15-10-7-11-17(25-3)19(15)26-4/h6-12H,5H2,1-4H3,(H,23,24). The van der Waals surface area contributed by atoms with Crippen LogP contribution in [0.5, 0.6) is 11.5 Å². The summed E-state index contributed by atoms with van der Waals surface area (Å²) >= 11 is 1.40. The number of para-hydroxylation sites is 2. The third-order valence-electron chi connectivity index (χ3n) is 4.35. The molecule has 1 aromatic heterocycles. The summed E-state index contributed by atoms with van der Waals surface area (Å²) in [5.74, 6) is 1.01. The molecule has 140 valence electrons. The summed E-state index contributed by atoms with van der Waals surface area (Å²) in [6, 6.07) is 11.6. The number of carbonyl (C=O) groups is 1. The predicted octanol–water partition coefficient (Wildman–Crippen LogP) is 4.95. The molecule has 0 bridgehead atoms. The van der Waals surface area contributed by atoms with E-state index in [1.54, 1.807) is 19.6 Å². The second kappa shape index (κ2) is 8.22. The van der Waals surface area contributed by atoms with Crippen LogP contribution >= 0.6 is 11.3 Å². The SMILES string of the molecule is CCc1cccc(C)c1NC(=O)c1csc(-c2cccc(OC)c2OC)n1. The number of hydrogen-bond donors (Lipinski definition) is 1. The zero-order chi connectivity index (χ0) is 19.4. The number of benzene rings is 2. The number of anilines is 1. The van der Waals surface area contributed by atoms with Crippen molar-refractivity contribution in [3.8, 4) is 22.1 Å². The molecule has 6 heteroatoms. The lowest BCUT2D eigenvalue weighted by molar-refractivity contribution is 0.102. The number of rotatable bonds is 6. The van der Waals surface area contributed by atoms with Gasteiger partial charge >= 0.3 is 0 Å². The third-order valence-corrected chi connectivity index (χ3v) is 5.22. The number of aromatic nitrogens is 1. The van der Waals surface area contributed by atoms with Gasteiger partial charge in [0.2, 0.25) is 0 Å². The molecule has 0 aliphatic carbocycles. The number of carbonyl (C=O) groups excluding carboxylic acids is 1. The van der Waals surface area contributed by atoms with Crippen LogP contribution in [0, 0.1) is 6.92 Å². The molecule has 27 heavy (non-hydrogen) atoms. The Bertz CT molecular complexity index is 966. The number of nitrogens with one attached hydrogen (secondary N) is 1. The number of thiazole rings is 1. The van der Waals surface area contributed by atoms with Crippen molar-refractivity contribution in [3.05, 3.63) is 58.6 Å². The Hall–Kier alpha value is -2.86. The fourth-order valence-electron chi connectivity index (χ4n) is 2.94. The van der Waals surface area contributed by atoms with Crippen molar-refractivity contribution in [2.45, 2.75) is 20.3 Å². The Morgan fingerprint density at radius 2 is 1.93 bits per heavy atom. The van der Waals surface area contributed by atoms with Crippen LogP contribution in [-0.4, -0.2) is 25.1 Å². The maximum Gasteiger partial charge on any atom is 0.275 e. The maximum atomic E-state index is 12.7. The minimum atomic E-state index is -0.219. The van der Waals surface area contributed by atoms with Crippen LogP contribution in [0.15, 0.2) is 41.8 Å². The summed E-state index contributed by atoms with van der Waals surface area (Å²) in [5.41, 5.74) is 4.18. The van der Waals surface area contributed by atoms with Crippen molar-refractivity contribution < 1.29 is 14.3 Å². The largest absolute Gasteiger partial charge is 0.493 e. The first-order valence-electron chi connectivity index (χ1n) is 8.65. The molecule has 0 spiro atoms. The van der Waals surface area contributed by atoms with E-state index in [2.05, 4.69) is 17.2 Å². The van der Waals surface area contributed by atoms with Gasteiger partial charge in [0.1, 0.15) is 10.7 Å². The molecule has 1 amide bonds. The molecule has 0 atom stereocenters. The van der Waals surface area contributed by atoms with Crippen molar-refractivity contribution in [3.63, 3.8) is 0 Å². The average molecular weight is 382 g/mol. The molecule has 5 nitrogen and oxygen atoms in total. The zero-order valence-corrected chi connectivity index (χ0v) is 16.6. The number of methoxy groups -OCH3 is 2. The molecule has 0 aliphatic rings. The molecule has 1 heterocycles. The lowest BCUT2D eigenvalue weighted by Gasteiger charge is -2.12. The lowest BCUT2D eigenvalue weighted by atomic mass is 10.1. The minimum absolute atomic E-state index is 0.219. The fraction of sp³-hybridized carbons (Fsp3) is 0.238. The summed E-state index contributed by atoms with van der Waals surface area (Å²) in [7, 11) is 3.18. The highest BCUT2D eigenvalue weighted by atomic mass is 32.1. The molecule has 3 rings (SSSR count). The number of aryl methyl sites for hydroxylation is 2. The Kier molecular flexibility index (Phi) is 5.76. The van der Waals surface area contributed by atoms with E-state index < -0.39 is 0 Å². The van der Waals surface area contributed by atoms with Gasteiger partial charge in [-0.2, -0.15) is 0 Å². The summed E-state index contributed by atoms with van der Waals surface area (Å²) < 4.78 is 10.8. The van der Waals surface area contributed by atoms with E-state index in [0.717, 1.165) is 28.8 Å². The molecular weight excluding hydrogens is 360 g/mol. The number of amides is 1. The average Bonchev–Trinajstić information content (AvgIpc) is 3.18. The second-order valence-electron chi connectivity index (χ2n) is 6.00. The normalized spacial score (nSPS) is 10.5. The second-order valence-corrected chi connectivity index (χ2v) is 6.85. The van der Waals surface area contributed by atoms with Gasteiger partial charge in [0.25, 0.3) is 5.91 Å². The summed E-state index contributed by atoms with van der Waals surface area (Å²) in [4.78, 5) is 17.3. The van der Waals surface area contributed by atoms with E-state index in [1.165, 1.54) is 11.3 Å². The van der Waals surface area contributed by atoms with Gasteiger partial charge in [0, 0.05) is 11.1 Å². The van der Waals surface area contributed by atoms with Crippen molar-refractivity contribution in [1.82, 2.24) is 4.98 Å². The van der Waals surface area contributed by atoms with Gasteiger partial charge in [0.05, 0.1) is 19.8 Å². The van der Waals surface area contributed by atoms with Gasteiger partial charge in [-0.05, 0) is 36.6 Å². The van der Waals surface area contributed by atoms with Gasteiger partial charge in [-0.1, -0.05) is 31.2 Å². The van der Waals surface area contributed by atoms with Gasteiger partial charge in [-0.3, -0.25) is 4.79 Å². The molecule has 0 fully saturated rings. The highest BCUT2D eigenvalue weighted by Crippen LogP contribution is 2.39. The van der Waals surface area contributed by atoms with Crippen molar-refractivity contribution in [1.29, 1.82) is 0 Å². The van der Waals surface area contributed by atoms with Gasteiger partial charge < -0.3 is 14.8 Å². The van der Waals surface area contributed by atoms with Crippen molar-refractivity contribution in [2.75, 3.05) is 19.5 Å².